The second kappa shape index (κ2) is 8.51. The van der Waals surface area contributed by atoms with Crippen LogP contribution in [0.5, 0.6) is 5.88 Å². The summed E-state index contributed by atoms with van der Waals surface area (Å²) in [5.74, 6) is -2.75. The summed E-state index contributed by atoms with van der Waals surface area (Å²) in [7, 11) is 1.56. The molecule has 3 heterocycles. The number of ether oxygens (including phenoxy) is 3. The lowest BCUT2D eigenvalue weighted by Gasteiger charge is -2.42. The molecule has 7 nitrogen and oxygen atoms in total. The molecule has 1 unspecified atom stereocenters. The molecule has 1 aromatic carbocycles. The minimum Gasteiger partial charge on any atom is -0.481 e. The smallest absolute Gasteiger partial charge is 0.421 e. The molecule has 0 saturated carbocycles. The Morgan fingerprint density at radius 3 is 2.74 bits per heavy atom. The van der Waals surface area contributed by atoms with Crippen LogP contribution in [0.25, 0.3) is 6.08 Å². The number of benzene rings is 1. The average Bonchev–Trinajstić information content (AvgIpc) is 3.04. The lowest BCUT2D eigenvalue weighted by atomic mass is 9.91. The Morgan fingerprint density at radius 2 is 2.00 bits per heavy atom. The first-order valence-corrected chi connectivity index (χ1v) is 10.3. The molecule has 4 rings (SSSR count). The molecule has 31 heavy (non-hydrogen) atoms. The number of hydrogen-bond donors (Lipinski definition) is 0. The van der Waals surface area contributed by atoms with Crippen molar-refractivity contribution in [3.8, 4) is 5.88 Å². The minimum absolute atomic E-state index is 0.0886. The van der Waals surface area contributed by atoms with E-state index in [-0.39, 0.29) is 5.92 Å². The Hall–Kier alpha value is -3.19. The first kappa shape index (κ1) is 21.1. The first-order valence-electron chi connectivity index (χ1n) is 10.3. The highest BCUT2D eigenvalue weighted by Gasteiger charge is 2.55. The van der Waals surface area contributed by atoms with Crippen LogP contribution in [0.2, 0.25) is 0 Å². The van der Waals surface area contributed by atoms with E-state index in [1.165, 1.54) is 11.1 Å². The standard InChI is InChI=1S/C24H26N2O5/c1-16-6-7-17(2)19(13-16)9-8-18-10-12-26(15-20-5-4-11-25-21(20)29-3)24(14-18)30-22(27)23(28)31-24/h4-9,11,13,18H,10,12,14-15H2,1-3H3/b9-8+. The summed E-state index contributed by atoms with van der Waals surface area (Å²) < 4.78 is 16.4. The largest absolute Gasteiger partial charge is 0.481 e. The van der Waals surface area contributed by atoms with E-state index in [0.717, 1.165) is 17.5 Å². The third kappa shape index (κ3) is 4.32. The van der Waals surface area contributed by atoms with E-state index in [2.05, 4.69) is 49.2 Å². The highest BCUT2D eigenvalue weighted by Crippen LogP contribution is 2.40. The van der Waals surface area contributed by atoms with Gasteiger partial charge in [0.2, 0.25) is 5.88 Å². The third-order valence-corrected chi connectivity index (χ3v) is 5.83. The molecular weight excluding hydrogens is 396 g/mol. The molecule has 2 aliphatic rings. The van der Waals surface area contributed by atoms with Crippen molar-refractivity contribution in [3.05, 3.63) is 64.9 Å². The molecule has 7 heteroatoms. The van der Waals surface area contributed by atoms with Gasteiger partial charge in [0.25, 0.3) is 0 Å². The van der Waals surface area contributed by atoms with Crippen molar-refractivity contribution in [2.75, 3.05) is 13.7 Å². The third-order valence-electron chi connectivity index (χ3n) is 5.83. The van der Waals surface area contributed by atoms with E-state index in [0.29, 0.717) is 25.4 Å². The maximum atomic E-state index is 12.0. The van der Waals surface area contributed by atoms with Gasteiger partial charge < -0.3 is 14.2 Å². The summed E-state index contributed by atoms with van der Waals surface area (Å²) in [6, 6.07) is 10.0. The number of aryl methyl sites for hydroxylation is 2. The monoisotopic (exact) mass is 422 g/mol. The molecule has 1 aromatic heterocycles. The average molecular weight is 422 g/mol. The van der Waals surface area contributed by atoms with Crippen LogP contribution in [-0.2, 0) is 25.6 Å². The predicted octanol–water partition coefficient (Wildman–Crippen LogP) is 3.39. The number of hydrogen-bond acceptors (Lipinski definition) is 7. The SMILES string of the molecule is COc1ncccc1CN1CCC(/C=C/c2cc(C)ccc2C)CC12OC(=O)C(=O)O2. The van der Waals surface area contributed by atoms with Crippen molar-refractivity contribution >= 4 is 18.0 Å². The Balaban J connectivity index is 1.57. The fourth-order valence-corrected chi connectivity index (χ4v) is 4.14. The Kier molecular flexibility index (Phi) is 5.78. The molecule has 0 aliphatic carbocycles. The van der Waals surface area contributed by atoms with E-state index < -0.39 is 17.8 Å². The van der Waals surface area contributed by atoms with E-state index >= 15 is 0 Å². The minimum atomic E-state index is -1.41. The fraction of sp³-hybridized carbons (Fsp3) is 0.375. The normalized spacial score (nSPS) is 20.8. The molecule has 2 fully saturated rings. The summed E-state index contributed by atoms with van der Waals surface area (Å²) in [6.07, 6.45) is 7.07. The quantitative estimate of drug-likeness (QED) is 0.540. The maximum absolute atomic E-state index is 12.0. The van der Waals surface area contributed by atoms with E-state index in [4.69, 9.17) is 14.2 Å². The number of carbonyl (C=O) groups excluding carboxylic acids is 2. The van der Waals surface area contributed by atoms with Gasteiger partial charge in [0, 0.05) is 31.3 Å². The van der Waals surface area contributed by atoms with E-state index in [1.54, 1.807) is 13.3 Å². The fourth-order valence-electron chi connectivity index (χ4n) is 4.14. The number of allylic oxidation sites excluding steroid dienone is 1. The van der Waals surface area contributed by atoms with Crippen molar-refractivity contribution in [2.24, 2.45) is 5.92 Å². The van der Waals surface area contributed by atoms with Crippen LogP contribution in [0.3, 0.4) is 0 Å². The van der Waals surface area contributed by atoms with E-state index in [9.17, 15) is 9.59 Å². The van der Waals surface area contributed by atoms with Crippen molar-refractivity contribution < 1.29 is 23.8 Å². The molecule has 0 radical (unpaired) electrons. The summed E-state index contributed by atoms with van der Waals surface area (Å²) >= 11 is 0. The number of nitrogens with zero attached hydrogens (tertiary/aromatic N) is 2. The molecule has 162 valence electrons. The molecule has 0 amide bonds. The molecule has 1 spiro atoms. The van der Waals surface area contributed by atoms with Crippen LogP contribution in [0.4, 0.5) is 0 Å². The number of methoxy groups -OCH3 is 1. The second-order valence-corrected chi connectivity index (χ2v) is 8.06. The Morgan fingerprint density at radius 1 is 1.23 bits per heavy atom. The zero-order valence-corrected chi connectivity index (χ0v) is 18.0. The molecular formula is C24H26N2O5. The predicted molar refractivity (Wildman–Crippen MR) is 114 cm³/mol. The van der Waals surface area contributed by atoms with Crippen LogP contribution in [0.1, 0.15) is 35.1 Å². The molecule has 1 atom stereocenters. The van der Waals surface area contributed by atoms with Gasteiger partial charge in [0.15, 0.2) is 0 Å². The number of esters is 2. The van der Waals surface area contributed by atoms with Crippen LogP contribution in [-0.4, -0.2) is 41.4 Å². The lowest BCUT2D eigenvalue weighted by molar-refractivity contribution is -0.271. The molecule has 2 aliphatic heterocycles. The van der Waals surface area contributed by atoms with Gasteiger partial charge >= 0.3 is 17.8 Å². The number of rotatable bonds is 5. The van der Waals surface area contributed by atoms with Crippen LogP contribution in [0.15, 0.2) is 42.6 Å². The van der Waals surface area contributed by atoms with Gasteiger partial charge in [-0.15, -0.1) is 0 Å². The summed E-state index contributed by atoms with van der Waals surface area (Å²) in [5, 5.41) is 0. The zero-order valence-electron chi connectivity index (χ0n) is 18.0. The van der Waals surface area contributed by atoms with Gasteiger partial charge in [-0.3, -0.25) is 0 Å². The van der Waals surface area contributed by atoms with Gasteiger partial charge in [-0.05, 0) is 43.4 Å². The first-order chi connectivity index (χ1) is 14.9. The summed E-state index contributed by atoms with van der Waals surface area (Å²) in [6.45, 7) is 5.10. The van der Waals surface area contributed by atoms with Crippen LogP contribution in [0, 0.1) is 19.8 Å². The lowest BCUT2D eigenvalue weighted by Crippen LogP contribution is -2.54. The highest BCUT2D eigenvalue weighted by atomic mass is 16.8. The number of pyridine rings is 1. The Labute approximate surface area is 181 Å². The van der Waals surface area contributed by atoms with Crippen LogP contribution < -0.4 is 4.74 Å². The molecule has 0 N–H and O–H groups in total. The number of likely N-dealkylation sites (tertiary alicyclic amines) is 1. The van der Waals surface area contributed by atoms with Crippen molar-refractivity contribution in [3.63, 3.8) is 0 Å². The second-order valence-electron chi connectivity index (χ2n) is 8.06. The summed E-state index contributed by atoms with van der Waals surface area (Å²) in [4.78, 5) is 30.0. The van der Waals surface area contributed by atoms with Crippen molar-refractivity contribution in [1.29, 1.82) is 0 Å². The number of piperidine rings is 1. The number of carbonyl (C=O) groups is 2. The highest BCUT2D eigenvalue weighted by molar-refractivity contribution is 6.31. The molecule has 2 aromatic rings. The van der Waals surface area contributed by atoms with Crippen LogP contribution >= 0.6 is 0 Å². The van der Waals surface area contributed by atoms with Gasteiger partial charge in [0.05, 0.1) is 7.11 Å². The van der Waals surface area contributed by atoms with Gasteiger partial charge in [0.1, 0.15) is 0 Å². The number of aromatic nitrogens is 1. The van der Waals surface area contributed by atoms with Crippen molar-refractivity contribution in [2.45, 2.75) is 39.1 Å². The van der Waals surface area contributed by atoms with E-state index in [1.807, 2.05) is 17.0 Å². The zero-order chi connectivity index (χ0) is 22.0. The maximum Gasteiger partial charge on any atom is 0.421 e. The van der Waals surface area contributed by atoms with Gasteiger partial charge in [-0.2, -0.15) is 0 Å². The topological polar surface area (TPSA) is 78.0 Å². The van der Waals surface area contributed by atoms with Gasteiger partial charge in [-0.25, -0.2) is 19.5 Å². The van der Waals surface area contributed by atoms with Crippen molar-refractivity contribution in [1.82, 2.24) is 9.88 Å². The Bertz CT molecular complexity index is 1020. The van der Waals surface area contributed by atoms with Gasteiger partial charge in [-0.1, -0.05) is 42.0 Å². The molecule has 0 bridgehead atoms. The molecule has 2 saturated heterocycles. The summed E-state index contributed by atoms with van der Waals surface area (Å²) in [5.41, 5.74) is 4.36.